The Balaban J connectivity index is 1.93. The van der Waals surface area contributed by atoms with Crippen LogP contribution in [0.1, 0.15) is 38.4 Å². The molecule has 18 heavy (non-hydrogen) atoms. The number of aliphatic hydroxyl groups is 1. The van der Waals surface area contributed by atoms with Crippen LogP contribution in [-0.4, -0.2) is 23.9 Å². The number of aliphatic hydroxyl groups excluding tert-OH is 1. The van der Waals surface area contributed by atoms with Gasteiger partial charge in [-0.1, -0.05) is 6.07 Å². The fourth-order valence-corrected chi connectivity index (χ4v) is 2.08. The summed E-state index contributed by atoms with van der Waals surface area (Å²) in [6.45, 7) is 4.00. The van der Waals surface area contributed by atoms with E-state index in [1.54, 1.807) is 19.1 Å². The van der Waals surface area contributed by atoms with Crippen molar-refractivity contribution in [2.24, 2.45) is 0 Å². The first-order valence-corrected chi connectivity index (χ1v) is 6.32. The van der Waals surface area contributed by atoms with E-state index in [1.807, 2.05) is 6.92 Å². The molecule has 1 N–H and O–H groups in total. The first-order chi connectivity index (χ1) is 8.56. The average molecular weight is 254 g/mol. The van der Waals surface area contributed by atoms with Crippen molar-refractivity contribution in [1.29, 1.82) is 0 Å². The third-order valence-corrected chi connectivity index (χ3v) is 3.18. The van der Waals surface area contributed by atoms with Crippen molar-refractivity contribution in [2.45, 2.75) is 45.0 Å². The lowest BCUT2D eigenvalue weighted by Crippen LogP contribution is -2.18. The van der Waals surface area contributed by atoms with Crippen molar-refractivity contribution in [3.8, 4) is 5.75 Å². The van der Waals surface area contributed by atoms with Gasteiger partial charge in [0.15, 0.2) is 11.6 Å². The van der Waals surface area contributed by atoms with Crippen molar-refractivity contribution < 1.29 is 19.0 Å². The summed E-state index contributed by atoms with van der Waals surface area (Å²) in [6, 6.07) is 4.52. The average Bonchev–Trinajstić information content (AvgIpc) is 2.73. The smallest absolute Gasteiger partial charge is 0.165 e. The van der Waals surface area contributed by atoms with Crippen LogP contribution < -0.4 is 4.74 Å². The van der Waals surface area contributed by atoms with Gasteiger partial charge in [-0.2, -0.15) is 0 Å². The maximum Gasteiger partial charge on any atom is 0.165 e. The molecular formula is C14H19FO3. The molecule has 4 heteroatoms. The van der Waals surface area contributed by atoms with Gasteiger partial charge in [-0.3, -0.25) is 0 Å². The van der Waals surface area contributed by atoms with Crippen molar-refractivity contribution in [2.75, 3.05) is 6.61 Å². The lowest BCUT2D eigenvalue weighted by Gasteiger charge is -2.14. The zero-order valence-electron chi connectivity index (χ0n) is 10.7. The number of hydrogen-bond acceptors (Lipinski definition) is 3. The van der Waals surface area contributed by atoms with E-state index >= 15 is 0 Å². The lowest BCUT2D eigenvalue weighted by molar-refractivity contribution is 0.0256. The Morgan fingerprint density at radius 2 is 2.28 bits per heavy atom. The van der Waals surface area contributed by atoms with Crippen LogP contribution in [0.2, 0.25) is 0 Å². The summed E-state index contributed by atoms with van der Waals surface area (Å²) >= 11 is 0. The van der Waals surface area contributed by atoms with Crippen LogP contribution in [0, 0.1) is 5.82 Å². The lowest BCUT2D eigenvalue weighted by atomic mass is 10.1. The molecule has 0 amide bonds. The van der Waals surface area contributed by atoms with Crippen molar-refractivity contribution in [1.82, 2.24) is 0 Å². The number of hydrogen-bond donors (Lipinski definition) is 1. The maximum absolute atomic E-state index is 13.7. The molecule has 0 radical (unpaired) electrons. The highest BCUT2D eigenvalue weighted by Gasteiger charge is 2.22. The second kappa shape index (κ2) is 5.67. The van der Waals surface area contributed by atoms with Crippen LogP contribution in [0.25, 0.3) is 0 Å². The van der Waals surface area contributed by atoms with E-state index in [4.69, 9.17) is 9.47 Å². The number of benzene rings is 1. The van der Waals surface area contributed by atoms with Crippen LogP contribution in [0.4, 0.5) is 4.39 Å². The van der Waals surface area contributed by atoms with E-state index in [-0.39, 0.29) is 18.0 Å². The number of ether oxygens (including phenoxy) is 2. The Hall–Kier alpha value is -1.13. The van der Waals surface area contributed by atoms with E-state index in [2.05, 4.69) is 0 Å². The Labute approximate surface area is 107 Å². The SMILES string of the molecule is CC1CCC(COc2ccc(C(C)O)cc2F)O1. The molecule has 1 aliphatic rings. The van der Waals surface area contributed by atoms with Crippen LogP contribution in [0.5, 0.6) is 5.75 Å². The van der Waals surface area contributed by atoms with Crippen LogP contribution in [0.3, 0.4) is 0 Å². The summed E-state index contributed by atoms with van der Waals surface area (Å²) < 4.78 is 24.7. The van der Waals surface area contributed by atoms with E-state index in [0.29, 0.717) is 12.2 Å². The molecule has 1 aliphatic heterocycles. The molecule has 0 aromatic heterocycles. The minimum Gasteiger partial charge on any atom is -0.488 e. The van der Waals surface area contributed by atoms with Gasteiger partial charge in [0.2, 0.25) is 0 Å². The minimum atomic E-state index is -0.674. The van der Waals surface area contributed by atoms with E-state index < -0.39 is 11.9 Å². The fraction of sp³-hybridized carbons (Fsp3) is 0.571. The fourth-order valence-electron chi connectivity index (χ4n) is 2.08. The largest absolute Gasteiger partial charge is 0.488 e. The molecule has 3 unspecified atom stereocenters. The topological polar surface area (TPSA) is 38.7 Å². The predicted molar refractivity (Wildman–Crippen MR) is 66.1 cm³/mol. The van der Waals surface area contributed by atoms with Gasteiger partial charge < -0.3 is 14.6 Å². The normalized spacial score (nSPS) is 25.1. The molecule has 0 bridgehead atoms. The number of rotatable bonds is 4. The summed E-state index contributed by atoms with van der Waals surface area (Å²) in [5, 5.41) is 9.34. The second-order valence-electron chi connectivity index (χ2n) is 4.82. The molecule has 0 saturated carbocycles. The monoisotopic (exact) mass is 254 g/mol. The van der Waals surface area contributed by atoms with Gasteiger partial charge >= 0.3 is 0 Å². The molecule has 0 aliphatic carbocycles. The summed E-state index contributed by atoms with van der Waals surface area (Å²) in [6.07, 6.45) is 1.62. The highest BCUT2D eigenvalue weighted by atomic mass is 19.1. The molecule has 1 aromatic rings. The van der Waals surface area contributed by atoms with Gasteiger partial charge in [-0.05, 0) is 44.4 Å². The zero-order valence-corrected chi connectivity index (χ0v) is 10.7. The van der Waals surface area contributed by atoms with Crippen molar-refractivity contribution >= 4 is 0 Å². The first kappa shape index (κ1) is 13.3. The molecule has 3 atom stereocenters. The quantitative estimate of drug-likeness (QED) is 0.898. The molecule has 2 rings (SSSR count). The molecule has 1 aromatic carbocycles. The molecule has 1 fully saturated rings. The van der Waals surface area contributed by atoms with Gasteiger partial charge in [-0.25, -0.2) is 4.39 Å². The predicted octanol–water partition coefficient (Wildman–Crippen LogP) is 2.83. The molecule has 100 valence electrons. The Morgan fingerprint density at radius 3 is 2.83 bits per heavy atom. The van der Waals surface area contributed by atoms with Crippen LogP contribution in [0.15, 0.2) is 18.2 Å². The second-order valence-corrected chi connectivity index (χ2v) is 4.82. The van der Waals surface area contributed by atoms with E-state index in [1.165, 1.54) is 6.07 Å². The molecule has 0 spiro atoms. The Kier molecular flexibility index (Phi) is 4.19. The standard InChI is InChI=1S/C14H19FO3/c1-9-3-5-12(18-9)8-17-14-6-4-11(10(2)16)7-13(14)15/h4,6-7,9-10,12,16H,3,5,8H2,1-2H3. The summed E-state index contributed by atoms with van der Waals surface area (Å²) in [5.74, 6) is -0.234. The molecule has 3 nitrogen and oxygen atoms in total. The highest BCUT2D eigenvalue weighted by Crippen LogP contribution is 2.24. The molecular weight excluding hydrogens is 235 g/mol. The first-order valence-electron chi connectivity index (χ1n) is 6.32. The van der Waals surface area contributed by atoms with Gasteiger partial charge in [0, 0.05) is 0 Å². The van der Waals surface area contributed by atoms with Crippen LogP contribution >= 0.6 is 0 Å². The highest BCUT2D eigenvalue weighted by molar-refractivity contribution is 5.30. The van der Waals surface area contributed by atoms with Gasteiger partial charge in [-0.15, -0.1) is 0 Å². The van der Waals surface area contributed by atoms with E-state index in [9.17, 15) is 9.50 Å². The third kappa shape index (κ3) is 3.21. The maximum atomic E-state index is 13.7. The summed E-state index contributed by atoms with van der Waals surface area (Å²) in [5.41, 5.74) is 0.547. The van der Waals surface area contributed by atoms with Gasteiger partial charge in [0.1, 0.15) is 6.61 Å². The Morgan fingerprint density at radius 1 is 1.50 bits per heavy atom. The molecule has 1 heterocycles. The van der Waals surface area contributed by atoms with Crippen LogP contribution in [-0.2, 0) is 4.74 Å². The van der Waals surface area contributed by atoms with E-state index in [0.717, 1.165) is 12.8 Å². The van der Waals surface area contributed by atoms with Crippen molar-refractivity contribution in [3.05, 3.63) is 29.6 Å². The third-order valence-electron chi connectivity index (χ3n) is 3.18. The van der Waals surface area contributed by atoms with Gasteiger partial charge in [0.25, 0.3) is 0 Å². The Bertz CT molecular complexity index is 406. The number of halogens is 1. The van der Waals surface area contributed by atoms with Crippen molar-refractivity contribution in [3.63, 3.8) is 0 Å². The minimum absolute atomic E-state index is 0.0517. The molecule has 1 saturated heterocycles. The summed E-state index contributed by atoms with van der Waals surface area (Å²) in [7, 11) is 0. The summed E-state index contributed by atoms with van der Waals surface area (Å²) in [4.78, 5) is 0. The van der Waals surface area contributed by atoms with Gasteiger partial charge in [0.05, 0.1) is 18.3 Å². The zero-order chi connectivity index (χ0) is 13.1.